The summed E-state index contributed by atoms with van der Waals surface area (Å²) in [5.74, 6) is 2.07. The molecule has 1 aliphatic heterocycles. The van der Waals surface area contributed by atoms with E-state index >= 15 is 0 Å². The molecule has 0 aromatic heterocycles. The summed E-state index contributed by atoms with van der Waals surface area (Å²) in [6.07, 6.45) is -0.492. The zero-order valence-corrected chi connectivity index (χ0v) is 16.4. The van der Waals surface area contributed by atoms with E-state index in [9.17, 15) is 5.11 Å². The van der Waals surface area contributed by atoms with Gasteiger partial charge in [0.1, 0.15) is 19.2 Å². The molecule has 0 bridgehead atoms. The number of hydrogen-bond acceptors (Lipinski definition) is 4. The van der Waals surface area contributed by atoms with E-state index in [0.717, 1.165) is 23.6 Å². The maximum atomic E-state index is 10.3. The van der Waals surface area contributed by atoms with Gasteiger partial charge in [0.2, 0.25) is 6.79 Å². The molecule has 0 saturated heterocycles. The lowest BCUT2D eigenvalue weighted by molar-refractivity contribution is -0.897. The lowest BCUT2D eigenvalue weighted by Gasteiger charge is -2.18. The number of likely N-dealkylation sites (N-methyl/N-ethyl adjacent to an activating group) is 1. The highest BCUT2D eigenvalue weighted by Gasteiger charge is 2.15. The van der Waals surface area contributed by atoms with Crippen LogP contribution >= 0.6 is 0 Å². The molecule has 5 heteroatoms. The first kappa shape index (κ1) is 19.7. The van der Waals surface area contributed by atoms with Crippen LogP contribution in [0.5, 0.6) is 11.5 Å². The summed E-state index contributed by atoms with van der Waals surface area (Å²) < 4.78 is 16.3. The van der Waals surface area contributed by atoms with Crippen molar-refractivity contribution in [1.29, 1.82) is 0 Å². The quantitative estimate of drug-likeness (QED) is 0.708. The van der Waals surface area contributed by atoms with Gasteiger partial charge in [-0.2, -0.15) is 0 Å². The zero-order chi connectivity index (χ0) is 19.2. The highest BCUT2D eigenvalue weighted by atomic mass is 16.7. The summed E-state index contributed by atoms with van der Waals surface area (Å²) in [7, 11) is 2.09. The number of hydrogen-bond donors (Lipinski definition) is 2. The molecular weight excluding hydrogens is 342 g/mol. The zero-order valence-electron chi connectivity index (χ0n) is 16.4. The number of aliphatic hydroxyl groups excluding tert-OH is 1. The lowest BCUT2D eigenvalue weighted by atomic mass is 10.0. The van der Waals surface area contributed by atoms with Gasteiger partial charge in [0.05, 0.1) is 20.3 Å². The van der Waals surface area contributed by atoms with E-state index in [0.29, 0.717) is 25.7 Å². The number of rotatable bonds is 9. The third kappa shape index (κ3) is 5.70. The van der Waals surface area contributed by atoms with Gasteiger partial charge in [-0.05, 0) is 29.2 Å². The van der Waals surface area contributed by atoms with Gasteiger partial charge in [-0.25, -0.2) is 0 Å². The highest BCUT2D eigenvalue weighted by molar-refractivity contribution is 5.44. The van der Waals surface area contributed by atoms with E-state index in [-0.39, 0.29) is 6.79 Å². The van der Waals surface area contributed by atoms with Crippen molar-refractivity contribution in [2.75, 3.05) is 27.0 Å². The van der Waals surface area contributed by atoms with Gasteiger partial charge in [-0.3, -0.25) is 0 Å². The predicted molar refractivity (Wildman–Crippen MR) is 104 cm³/mol. The lowest BCUT2D eigenvalue weighted by Crippen LogP contribution is -3.08. The molecule has 0 aliphatic carbocycles. The summed E-state index contributed by atoms with van der Waals surface area (Å²) in [6.45, 7) is 6.97. The van der Waals surface area contributed by atoms with Crippen molar-refractivity contribution in [2.24, 2.45) is 0 Å². The third-order valence-corrected chi connectivity index (χ3v) is 4.75. The van der Waals surface area contributed by atoms with E-state index in [1.54, 1.807) is 0 Å². The number of ether oxygens (including phenoxy) is 3. The van der Waals surface area contributed by atoms with Crippen LogP contribution in [0.3, 0.4) is 0 Å². The molecule has 0 amide bonds. The van der Waals surface area contributed by atoms with Gasteiger partial charge in [0.15, 0.2) is 11.5 Å². The maximum absolute atomic E-state index is 10.3. The van der Waals surface area contributed by atoms with Crippen molar-refractivity contribution in [3.63, 3.8) is 0 Å². The van der Waals surface area contributed by atoms with Crippen molar-refractivity contribution >= 4 is 0 Å². The Morgan fingerprint density at radius 1 is 1.04 bits per heavy atom. The summed E-state index contributed by atoms with van der Waals surface area (Å²) in [4.78, 5) is 1.26. The second-order valence-electron chi connectivity index (χ2n) is 7.59. The summed E-state index contributed by atoms with van der Waals surface area (Å²) in [5.41, 5.74) is 3.65. The van der Waals surface area contributed by atoms with Crippen LogP contribution in [0, 0.1) is 0 Å². The smallest absolute Gasteiger partial charge is 0.231 e. The summed E-state index contributed by atoms with van der Waals surface area (Å²) in [6, 6.07) is 14.5. The van der Waals surface area contributed by atoms with Crippen LogP contribution in [-0.2, 0) is 17.9 Å². The Morgan fingerprint density at radius 2 is 1.74 bits per heavy atom. The van der Waals surface area contributed by atoms with Gasteiger partial charge < -0.3 is 24.2 Å². The number of quaternary nitrogens is 1. The molecule has 2 aromatic rings. The number of nitrogens with one attached hydrogen (secondary N) is 1. The first-order chi connectivity index (χ1) is 13.0. The molecule has 3 rings (SSSR count). The van der Waals surface area contributed by atoms with Crippen LogP contribution in [0.2, 0.25) is 0 Å². The summed E-state index contributed by atoms with van der Waals surface area (Å²) >= 11 is 0. The standard InChI is InChI=1S/C22H29NO4/c1-16(2)19-7-4-17(5-8-19)11-23(3)12-20(24)14-25-13-18-6-9-21-22(10-18)27-15-26-21/h4-10,16,20,24H,11-15H2,1-3H3/p+1/t20-/m1/s1. The third-order valence-electron chi connectivity index (χ3n) is 4.75. The minimum absolute atomic E-state index is 0.271. The van der Waals surface area contributed by atoms with Gasteiger partial charge in [-0.15, -0.1) is 0 Å². The SMILES string of the molecule is CC(C)c1ccc(C[NH+](C)C[C@@H](O)COCc2ccc3c(c2)OCO3)cc1. The van der Waals surface area contributed by atoms with E-state index in [1.165, 1.54) is 16.0 Å². The Labute approximate surface area is 161 Å². The number of benzene rings is 2. The van der Waals surface area contributed by atoms with Gasteiger partial charge >= 0.3 is 0 Å². The summed E-state index contributed by atoms with van der Waals surface area (Å²) in [5, 5.41) is 10.3. The van der Waals surface area contributed by atoms with E-state index in [1.807, 2.05) is 18.2 Å². The Kier molecular flexibility index (Phi) is 6.72. The van der Waals surface area contributed by atoms with Gasteiger partial charge in [-0.1, -0.05) is 44.2 Å². The van der Waals surface area contributed by atoms with Crippen LogP contribution in [0.25, 0.3) is 0 Å². The molecule has 0 spiro atoms. The molecular formula is C22H30NO4+. The van der Waals surface area contributed by atoms with Crippen LogP contribution in [0.1, 0.15) is 36.5 Å². The number of fused-ring (bicyclic) bond motifs is 1. The molecule has 1 aliphatic rings. The van der Waals surface area contributed by atoms with Crippen molar-refractivity contribution < 1.29 is 24.2 Å². The molecule has 0 fully saturated rings. The Bertz CT molecular complexity index is 730. The maximum Gasteiger partial charge on any atom is 0.231 e. The molecule has 0 saturated carbocycles. The minimum Gasteiger partial charge on any atom is -0.454 e. The fourth-order valence-electron chi connectivity index (χ4n) is 3.25. The fourth-order valence-corrected chi connectivity index (χ4v) is 3.25. The van der Waals surface area contributed by atoms with Crippen LogP contribution < -0.4 is 14.4 Å². The first-order valence-electron chi connectivity index (χ1n) is 9.55. The van der Waals surface area contributed by atoms with Crippen LogP contribution in [0.15, 0.2) is 42.5 Å². The molecule has 1 unspecified atom stereocenters. The van der Waals surface area contributed by atoms with Crippen molar-refractivity contribution in [2.45, 2.75) is 39.0 Å². The van der Waals surface area contributed by atoms with Crippen molar-refractivity contribution in [3.05, 3.63) is 59.2 Å². The molecule has 5 nitrogen and oxygen atoms in total. The van der Waals surface area contributed by atoms with Crippen LogP contribution in [0.4, 0.5) is 0 Å². The molecule has 27 heavy (non-hydrogen) atoms. The van der Waals surface area contributed by atoms with Gasteiger partial charge in [0.25, 0.3) is 0 Å². The van der Waals surface area contributed by atoms with Crippen molar-refractivity contribution in [3.8, 4) is 11.5 Å². The second-order valence-corrected chi connectivity index (χ2v) is 7.59. The molecule has 2 N–H and O–H groups in total. The minimum atomic E-state index is -0.492. The predicted octanol–water partition coefficient (Wildman–Crippen LogP) is 2.13. The number of aliphatic hydroxyl groups is 1. The molecule has 2 aromatic carbocycles. The normalized spacial score (nSPS) is 15.1. The average Bonchev–Trinajstić information content (AvgIpc) is 3.09. The van der Waals surface area contributed by atoms with E-state index in [4.69, 9.17) is 14.2 Å². The average molecular weight is 372 g/mol. The monoisotopic (exact) mass is 372 g/mol. The van der Waals surface area contributed by atoms with E-state index in [2.05, 4.69) is 45.2 Å². The highest BCUT2D eigenvalue weighted by Crippen LogP contribution is 2.32. The molecule has 1 heterocycles. The Balaban J connectivity index is 1.38. The largest absolute Gasteiger partial charge is 0.454 e. The molecule has 2 atom stereocenters. The fraction of sp³-hybridized carbons (Fsp3) is 0.455. The van der Waals surface area contributed by atoms with Gasteiger partial charge in [0, 0.05) is 5.56 Å². The Hall–Kier alpha value is -2.08. The Morgan fingerprint density at radius 3 is 2.48 bits per heavy atom. The second kappa shape index (κ2) is 9.22. The molecule has 0 radical (unpaired) electrons. The molecule has 146 valence electrons. The van der Waals surface area contributed by atoms with E-state index < -0.39 is 6.10 Å². The first-order valence-corrected chi connectivity index (χ1v) is 9.55. The van der Waals surface area contributed by atoms with Crippen LogP contribution in [-0.4, -0.2) is 38.2 Å². The van der Waals surface area contributed by atoms with Crippen molar-refractivity contribution in [1.82, 2.24) is 0 Å². The topological polar surface area (TPSA) is 52.4 Å².